The molecule has 1 unspecified atom stereocenters. The predicted molar refractivity (Wildman–Crippen MR) is 73.9 cm³/mol. The molecule has 18 heavy (non-hydrogen) atoms. The second-order valence-electron chi connectivity index (χ2n) is 4.73. The molecular weight excluding hydrogens is 242 g/mol. The quantitative estimate of drug-likeness (QED) is 0.917. The minimum absolute atomic E-state index is 0.433. The van der Waals surface area contributed by atoms with Crippen molar-refractivity contribution in [3.05, 3.63) is 45.7 Å². The van der Waals surface area contributed by atoms with Crippen molar-refractivity contribution in [2.75, 3.05) is 6.54 Å². The van der Waals surface area contributed by atoms with Crippen molar-refractivity contribution in [2.24, 2.45) is 0 Å². The summed E-state index contributed by atoms with van der Waals surface area (Å²) in [6.45, 7) is 3.03. The van der Waals surface area contributed by atoms with Gasteiger partial charge in [0, 0.05) is 30.2 Å². The Labute approximate surface area is 111 Å². The molecule has 2 aromatic rings. The molecule has 0 amide bonds. The van der Waals surface area contributed by atoms with E-state index in [1.807, 2.05) is 19.2 Å². The highest BCUT2D eigenvalue weighted by Gasteiger charge is 2.22. The van der Waals surface area contributed by atoms with E-state index in [0.717, 1.165) is 25.1 Å². The summed E-state index contributed by atoms with van der Waals surface area (Å²) in [6.07, 6.45) is 5.22. The summed E-state index contributed by atoms with van der Waals surface area (Å²) in [4.78, 5) is 8.98. The second kappa shape index (κ2) is 5.16. The molecule has 0 aliphatic heterocycles. The van der Waals surface area contributed by atoms with E-state index in [1.165, 1.54) is 22.7 Å². The second-order valence-corrected chi connectivity index (χ2v) is 5.67. The summed E-state index contributed by atoms with van der Waals surface area (Å²) in [5, 5.41) is 6.93. The van der Waals surface area contributed by atoms with Crippen LogP contribution in [0.2, 0.25) is 0 Å². The zero-order chi connectivity index (χ0) is 12.4. The van der Waals surface area contributed by atoms with E-state index in [2.05, 4.69) is 26.7 Å². The lowest BCUT2D eigenvalue weighted by Gasteiger charge is -2.12. The third kappa shape index (κ3) is 2.44. The molecule has 0 spiro atoms. The highest BCUT2D eigenvalue weighted by molar-refractivity contribution is 7.09. The van der Waals surface area contributed by atoms with Gasteiger partial charge in [-0.2, -0.15) is 0 Å². The number of fused-ring (bicyclic) bond motifs is 1. The number of nitrogens with one attached hydrogen (secondary N) is 1. The lowest BCUT2D eigenvalue weighted by Crippen LogP contribution is -2.22. The van der Waals surface area contributed by atoms with Crippen LogP contribution in [0, 0.1) is 6.92 Å². The van der Waals surface area contributed by atoms with Crippen LogP contribution in [0.3, 0.4) is 0 Å². The Morgan fingerprint density at radius 1 is 1.50 bits per heavy atom. The van der Waals surface area contributed by atoms with Crippen molar-refractivity contribution in [1.82, 2.24) is 15.3 Å². The number of aromatic nitrogens is 2. The first kappa shape index (κ1) is 11.8. The Morgan fingerprint density at radius 2 is 2.44 bits per heavy atom. The van der Waals surface area contributed by atoms with E-state index in [4.69, 9.17) is 0 Å². The highest BCUT2D eigenvalue weighted by atomic mass is 32.1. The number of hydrogen-bond donors (Lipinski definition) is 1. The highest BCUT2D eigenvalue weighted by Crippen LogP contribution is 2.28. The first-order valence-corrected chi connectivity index (χ1v) is 7.29. The first-order chi connectivity index (χ1) is 8.83. The van der Waals surface area contributed by atoms with E-state index in [0.29, 0.717) is 6.04 Å². The largest absolute Gasteiger partial charge is 0.308 e. The fraction of sp³-hybridized carbons (Fsp3) is 0.429. The third-order valence-electron chi connectivity index (χ3n) is 3.35. The van der Waals surface area contributed by atoms with Crippen molar-refractivity contribution < 1.29 is 0 Å². The van der Waals surface area contributed by atoms with Gasteiger partial charge in [0.05, 0.1) is 16.7 Å². The number of pyridine rings is 1. The minimum atomic E-state index is 0.433. The molecule has 0 saturated carbocycles. The molecule has 0 aromatic carbocycles. The van der Waals surface area contributed by atoms with Crippen LogP contribution in [-0.4, -0.2) is 16.5 Å². The smallest absolute Gasteiger partial charge is 0.0940 e. The van der Waals surface area contributed by atoms with Gasteiger partial charge in [0.2, 0.25) is 0 Å². The van der Waals surface area contributed by atoms with Gasteiger partial charge in [-0.3, -0.25) is 4.98 Å². The van der Waals surface area contributed by atoms with Gasteiger partial charge in [-0.15, -0.1) is 11.3 Å². The fourth-order valence-electron chi connectivity index (χ4n) is 2.48. The van der Waals surface area contributed by atoms with Crippen molar-refractivity contribution in [2.45, 2.75) is 32.2 Å². The average Bonchev–Trinajstić information content (AvgIpc) is 2.97. The first-order valence-electron chi connectivity index (χ1n) is 6.41. The molecule has 3 nitrogen and oxygen atoms in total. The molecule has 3 rings (SSSR count). The SMILES string of the molecule is Cc1csc(CCNC2CCc3cccnc32)n1. The average molecular weight is 259 g/mol. The van der Waals surface area contributed by atoms with Crippen LogP contribution in [0.4, 0.5) is 0 Å². The zero-order valence-electron chi connectivity index (χ0n) is 10.5. The standard InChI is InChI=1S/C14H17N3S/c1-10-9-18-13(17-10)6-8-15-12-5-4-11-3-2-7-16-14(11)12/h2-3,7,9,12,15H,4-6,8H2,1H3. The zero-order valence-corrected chi connectivity index (χ0v) is 11.3. The number of thiazole rings is 1. The van der Waals surface area contributed by atoms with E-state index >= 15 is 0 Å². The van der Waals surface area contributed by atoms with Crippen molar-refractivity contribution in [3.63, 3.8) is 0 Å². The van der Waals surface area contributed by atoms with Crippen molar-refractivity contribution in [1.29, 1.82) is 0 Å². The fourth-order valence-corrected chi connectivity index (χ4v) is 3.26. The predicted octanol–water partition coefficient (Wildman–Crippen LogP) is 2.67. The van der Waals surface area contributed by atoms with Crippen LogP contribution in [-0.2, 0) is 12.8 Å². The van der Waals surface area contributed by atoms with E-state index in [-0.39, 0.29) is 0 Å². The summed E-state index contributed by atoms with van der Waals surface area (Å²) < 4.78 is 0. The van der Waals surface area contributed by atoms with Crippen LogP contribution < -0.4 is 5.32 Å². The van der Waals surface area contributed by atoms with Crippen molar-refractivity contribution >= 4 is 11.3 Å². The van der Waals surface area contributed by atoms with Gasteiger partial charge in [-0.1, -0.05) is 6.07 Å². The van der Waals surface area contributed by atoms with Crippen LogP contribution >= 0.6 is 11.3 Å². The summed E-state index contributed by atoms with van der Waals surface area (Å²) in [6, 6.07) is 4.65. The molecular formula is C14H17N3S. The van der Waals surface area contributed by atoms with Crippen LogP contribution in [0.25, 0.3) is 0 Å². The lowest BCUT2D eigenvalue weighted by atomic mass is 10.2. The molecule has 0 radical (unpaired) electrons. The van der Waals surface area contributed by atoms with E-state index in [9.17, 15) is 0 Å². The van der Waals surface area contributed by atoms with Gasteiger partial charge >= 0.3 is 0 Å². The minimum Gasteiger partial charge on any atom is -0.308 e. The van der Waals surface area contributed by atoms with Gasteiger partial charge in [0.1, 0.15) is 0 Å². The summed E-state index contributed by atoms with van der Waals surface area (Å²) in [7, 11) is 0. The Kier molecular flexibility index (Phi) is 3.39. The molecule has 2 aromatic heterocycles. The monoisotopic (exact) mass is 259 g/mol. The maximum Gasteiger partial charge on any atom is 0.0940 e. The number of hydrogen-bond acceptors (Lipinski definition) is 4. The molecule has 0 fully saturated rings. The van der Waals surface area contributed by atoms with Crippen LogP contribution in [0.5, 0.6) is 0 Å². The number of aryl methyl sites for hydroxylation is 2. The van der Waals surface area contributed by atoms with Gasteiger partial charge in [-0.05, 0) is 31.4 Å². The van der Waals surface area contributed by atoms with Crippen LogP contribution in [0.15, 0.2) is 23.7 Å². The molecule has 1 atom stereocenters. The maximum absolute atomic E-state index is 4.49. The van der Waals surface area contributed by atoms with Gasteiger partial charge in [0.25, 0.3) is 0 Å². The molecule has 94 valence electrons. The molecule has 4 heteroatoms. The lowest BCUT2D eigenvalue weighted by molar-refractivity contribution is 0.524. The number of rotatable bonds is 4. The van der Waals surface area contributed by atoms with Gasteiger partial charge in [-0.25, -0.2) is 4.98 Å². The molecule has 2 heterocycles. The summed E-state index contributed by atoms with van der Waals surface area (Å²) >= 11 is 1.75. The molecule has 0 saturated heterocycles. The van der Waals surface area contributed by atoms with Gasteiger partial charge < -0.3 is 5.32 Å². The van der Waals surface area contributed by atoms with Gasteiger partial charge in [0.15, 0.2) is 0 Å². The molecule has 1 aliphatic carbocycles. The number of nitrogens with zero attached hydrogens (tertiary/aromatic N) is 2. The summed E-state index contributed by atoms with van der Waals surface area (Å²) in [5.41, 5.74) is 3.77. The van der Waals surface area contributed by atoms with Crippen LogP contribution in [0.1, 0.15) is 34.4 Å². The van der Waals surface area contributed by atoms with E-state index in [1.54, 1.807) is 11.3 Å². The third-order valence-corrected chi connectivity index (χ3v) is 4.38. The molecule has 1 N–H and O–H groups in total. The Balaban J connectivity index is 1.56. The Hall–Kier alpha value is -1.26. The molecule has 0 bridgehead atoms. The Bertz CT molecular complexity index is 535. The van der Waals surface area contributed by atoms with Crippen molar-refractivity contribution in [3.8, 4) is 0 Å². The molecule has 1 aliphatic rings. The Morgan fingerprint density at radius 3 is 3.28 bits per heavy atom. The normalized spacial score (nSPS) is 17.9. The van der Waals surface area contributed by atoms with E-state index < -0.39 is 0 Å². The summed E-state index contributed by atoms with van der Waals surface area (Å²) in [5.74, 6) is 0. The maximum atomic E-state index is 4.49. The topological polar surface area (TPSA) is 37.8 Å².